The fourth-order valence-electron chi connectivity index (χ4n) is 2.48. The van der Waals surface area contributed by atoms with Crippen LogP contribution >= 0.6 is 11.3 Å². The largest absolute Gasteiger partial charge is 0.398 e. The minimum atomic E-state index is 0.0355. The molecule has 108 valence electrons. The lowest BCUT2D eigenvalue weighted by atomic mass is 10.2. The summed E-state index contributed by atoms with van der Waals surface area (Å²) >= 11 is 1.44. The number of hydrogen-bond donors (Lipinski definition) is 1. The molecule has 0 atom stereocenters. The van der Waals surface area contributed by atoms with Crippen LogP contribution in [0.15, 0.2) is 6.07 Å². The lowest BCUT2D eigenvalue weighted by Gasteiger charge is -2.34. The van der Waals surface area contributed by atoms with Crippen molar-refractivity contribution in [2.45, 2.75) is 19.8 Å². The van der Waals surface area contributed by atoms with E-state index in [4.69, 9.17) is 5.73 Å². The summed E-state index contributed by atoms with van der Waals surface area (Å²) in [6.07, 6.45) is 2.07. The fourth-order valence-corrected chi connectivity index (χ4v) is 3.38. The Morgan fingerprint density at radius 3 is 2.30 bits per heavy atom. The van der Waals surface area contributed by atoms with Crippen molar-refractivity contribution in [2.24, 2.45) is 5.92 Å². The van der Waals surface area contributed by atoms with Gasteiger partial charge in [-0.05, 0) is 25.8 Å². The molecule has 1 saturated heterocycles. The number of thiophene rings is 1. The molecule has 2 heterocycles. The Balaban J connectivity index is 1.59. The van der Waals surface area contributed by atoms with Crippen molar-refractivity contribution < 1.29 is 9.59 Å². The third-order valence-corrected chi connectivity index (χ3v) is 5.03. The standard InChI is InChI=1S/C14H19N3O2S/c1-9-11(15)8-12(20-9)14(19)17-6-4-16(5-7-17)13(18)10-2-3-10/h8,10H,2-7,15H2,1H3. The first-order chi connectivity index (χ1) is 9.56. The Kier molecular flexibility index (Phi) is 3.41. The number of nitrogens with zero attached hydrogens (tertiary/aromatic N) is 2. The van der Waals surface area contributed by atoms with Gasteiger partial charge in [0.15, 0.2) is 0 Å². The van der Waals surface area contributed by atoms with Crippen LogP contribution in [0.3, 0.4) is 0 Å². The average Bonchev–Trinajstić information content (AvgIpc) is 3.24. The van der Waals surface area contributed by atoms with Gasteiger partial charge in [0.25, 0.3) is 5.91 Å². The van der Waals surface area contributed by atoms with Crippen LogP contribution in [-0.2, 0) is 4.79 Å². The predicted octanol–water partition coefficient (Wildman–Crippen LogP) is 1.33. The van der Waals surface area contributed by atoms with Crippen LogP contribution in [0, 0.1) is 12.8 Å². The quantitative estimate of drug-likeness (QED) is 0.894. The molecule has 0 aromatic carbocycles. The van der Waals surface area contributed by atoms with Gasteiger partial charge in [-0.25, -0.2) is 0 Å². The maximum atomic E-state index is 12.4. The molecule has 1 saturated carbocycles. The highest BCUT2D eigenvalue weighted by molar-refractivity contribution is 7.14. The number of amides is 2. The molecular formula is C14H19N3O2S. The first-order valence-corrected chi connectivity index (χ1v) is 7.82. The maximum Gasteiger partial charge on any atom is 0.264 e. The second kappa shape index (κ2) is 5.09. The minimum absolute atomic E-state index is 0.0355. The molecule has 1 aromatic heterocycles. The molecule has 3 rings (SSSR count). The van der Waals surface area contributed by atoms with Crippen LogP contribution in [0.25, 0.3) is 0 Å². The van der Waals surface area contributed by atoms with Crippen LogP contribution in [-0.4, -0.2) is 47.8 Å². The maximum absolute atomic E-state index is 12.4. The first kappa shape index (κ1) is 13.4. The summed E-state index contributed by atoms with van der Waals surface area (Å²) in [5, 5.41) is 0. The van der Waals surface area contributed by atoms with Gasteiger partial charge in [-0.3, -0.25) is 9.59 Å². The number of hydrogen-bond acceptors (Lipinski definition) is 4. The molecule has 2 fully saturated rings. The topological polar surface area (TPSA) is 66.6 Å². The normalized spacial score (nSPS) is 19.2. The second-order valence-electron chi connectivity index (χ2n) is 5.51. The molecule has 1 aliphatic heterocycles. The summed E-state index contributed by atoms with van der Waals surface area (Å²) in [6.45, 7) is 4.47. The van der Waals surface area contributed by atoms with Crippen molar-refractivity contribution in [1.82, 2.24) is 9.80 Å². The van der Waals surface area contributed by atoms with E-state index in [-0.39, 0.29) is 17.7 Å². The molecule has 1 aromatic rings. The van der Waals surface area contributed by atoms with Gasteiger partial charge in [0.1, 0.15) is 0 Å². The smallest absolute Gasteiger partial charge is 0.264 e. The Labute approximate surface area is 122 Å². The Bertz CT molecular complexity index is 523. The Morgan fingerprint density at radius 1 is 1.20 bits per heavy atom. The van der Waals surface area contributed by atoms with Crippen molar-refractivity contribution in [3.8, 4) is 0 Å². The predicted molar refractivity (Wildman–Crippen MR) is 78.7 cm³/mol. The fraction of sp³-hybridized carbons (Fsp3) is 0.571. The van der Waals surface area contributed by atoms with E-state index in [1.165, 1.54) is 11.3 Å². The number of carbonyl (C=O) groups excluding carboxylic acids is 2. The van der Waals surface area contributed by atoms with Crippen molar-refractivity contribution in [3.63, 3.8) is 0 Å². The number of aryl methyl sites for hydroxylation is 1. The molecule has 2 amide bonds. The highest BCUT2D eigenvalue weighted by Crippen LogP contribution is 2.31. The van der Waals surface area contributed by atoms with Gasteiger partial charge in [-0.2, -0.15) is 0 Å². The number of nitrogens with two attached hydrogens (primary N) is 1. The zero-order valence-corrected chi connectivity index (χ0v) is 12.4. The van der Waals surface area contributed by atoms with Crippen LogP contribution in [0.4, 0.5) is 5.69 Å². The molecule has 2 aliphatic rings. The molecule has 0 radical (unpaired) electrons. The lowest BCUT2D eigenvalue weighted by Crippen LogP contribution is -2.50. The zero-order valence-electron chi connectivity index (χ0n) is 11.6. The van der Waals surface area contributed by atoms with E-state index in [1.54, 1.807) is 6.07 Å². The highest BCUT2D eigenvalue weighted by atomic mass is 32.1. The van der Waals surface area contributed by atoms with Gasteiger partial charge in [0, 0.05) is 42.7 Å². The van der Waals surface area contributed by atoms with Crippen LogP contribution in [0.1, 0.15) is 27.4 Å². The van der Waals surface area contributed by atoms with E-state index in [0.29, 0.717) is 36.7 Å². The van der Waals surface area contributed by atoms with Gasteiger partial charge in [-0.1, -0.05) is 0 Å². The summed E-state index contributed by atoms with van der Waals surface area (Å²) in [4.78, 5) is 29.7. The third kappa shape index (κ3) is 2.52. The number of anilines is 1. The summed E-state index contributed by atoms with van der Waals surface area (Å²) in [5.74, 6) is 0.568. The van der Waals surface area contributed by atoms with Gasteiger partial charge in [0.05, 0.1) is 4.88 Å². The molecule has 2 N–H and O–H groups in total. The molecule has 5 nitrogen and oxygen atoms in total. The van der Waals surface area contributed by atoms with E-state index in [1.807, 2.05) is 16.7 Å². The highest BCUT2D eigenvalue weighted by Gasteiger charge is 2.35. The lowest BCUT2D eigenvalue weighted by molar-refractivity contribution is -0.134. The van der Waals surface area contributed by atoms with Crippen molar-refractivity contribution in [3.05, 3.63) is 15.8 Å². The van der Waals surface area contributed by atoms with Gasteiger partial charge in [0.2, 0.25) is 5.91 Å². The number of rotatable bonds is 2. The Hall–Kier alpha value is -1.56. The van der Waals surface area contributed by atoms with E-state index in [9.17, 15) is 9.59 Å². The average molecular weight is 293 g/mol. The molecule has 20 heavy (non-hydrogen) atoms. The molecule has 0 spiro atoms. The summed E-state index contributed by atoms with van der Waals surface area (Å²) in [6, 6.07) is 1.75. The number of piperazine rings is 1. The SMILES string of the molecule is Cc1sc(C(=O)N2CCN(C(=O)C3CC3)CC2)cc1N. The van der Waals surface area contributed by atoms with Gasteiger partial charge < -0.3 is 15.5 Å². The monoisotopic (exact) mass is 293 g/mol. The second-order valence-corrected chi connectivity index (χ2v) is 6.77. The van der Waals surface area contributed by atoms with Crippen molar-refractivity contribution in [1.29, 1.82) is 0 Å². The molecule has 0 unspecified atom stereocenters. The Morgan fingerprint density at radius 2 is 1.80 bits per heavy atom. The van der Waals surface area contributed by atoms with E-state index in [0.717, 1.165) is 17.7 Å². The van der Waals surface area contributed by atoms with Crippen LogP contribution in [0.5, 0.6) is 0 Å². The summed E-state index contributed by atoms with van der Waals surface area (Å²) in [5.41, 5.74) is 6.48. The molecule has 6 heteroatoms. The number of nitrogen functional groups attached to an aromatic ring is 1. The van der Waals surface area contributed by atoms with Crippen molar-refractivity contribution in [2.75, 3.05) is 31.9 Å². The summed E-state index contributed by atoms with van der Waals surface area (Å²) in [7, 11) is 0. The summed E-state index contributed by atoms with van der Waals surface area (Å²) < 4.78 is 0. The zero-order chi connectivity index (χ0) is 14.3. The first-order valence-electron chi connectivity index (χ1n) is 7.00. The van der Waals surface area contributed by atoms with Crippen molar-refractivity contribution >= 4 is 28.8 Å². The van der Waals surface area contributed by atoms with Crippen LogP contribution < -0.4 is 5.73 Å². The van der Waals surface area contributed by atoms with E-state index >= 15 is 0 Å². The number of carbonyl (C=O) groups is 2. The van der Waals surface area contributed by atoms with Gasteiger partial charge >= 0.3 is 0 Å². The minimum Gasteiger partial charge on any atom is -0.398 e. The molecule has 0 bridgehead atoms. The third-order valence-electron chi connectivity index (χ3n) is 3.97. The van der Waals surface area contributed by atoms with Crippen LogP contribution in [0.2, 0.25) is 0 Å². The van der Waals surface area contributed by atoms with Gasteiger partial charge in [-0.15, -0.1) is 11.3 Å². The van der Waals surface area contributed by atoms with E-state index < -0.39 is 0 Å². The molecule has 1 aliphatic carbocycles. The molecular weight excluding hydrogens is 274 g/mol. The van der Waals surface area contributed by atoms with E-state index in [2.05, 4.69) is 0 Å².